The second-order valence-electron chi connectivity index (χ2n) is 3.46. The van der Waals surface area contributed by atoms with Crippen molar-refractivity contribution in [2.45, 2.75) is 37.6 Å². The standard InChI is InChI=1S/C8H13NO5/c1-3-9-5-7(12)6(11)4(2-10)14-8(5)13-3/h4-8,10-12H,2H2,1H3/t4?,5?,6-,7-,8-/m1/s1. The predicted molar refractivity (Wildman–Crippen MR) is 45.7 cm³/mol. The SMILES string of the molecule is CC1=NC2[C@H](O1)OC(CO)[C@@H](O)[C@@H]2O. The third-order valence-electron chi connectivity index (χ3n) is 2.47. The van der Waals surface area contributed by atoms with E-state index in [1.54, 1.807) is 6.92 Å². The highest BCUT2D eigenvalue weighted by atomic mass is 16.7. The third kappa shape index (κ3) is 1.40. The Balaban J connectivity index is 2.14. The van der Waals surface area contributed by atoms with Crippen molar-refractivity contribution in [2.24, 2.45) is 4.99 Å². The van der Waals surface area contributed by atoms with E-state index in [9.17, 15) is 10.2 Å². The van der Waals surface area contributed by atoms with Crippen molar-refractivity contribution in [2.75, 3.05) is 6.61 Å². The Hall–Kier alpha value is -0.690. The number of ether oxygens (including phenoxy) is 2. The van der Waals surface area contributed by atoms with E-state index in [1.807, 2.05) is 0 Å². The summed E-state index contributed by atoms with van der Waals surface area (Å²) < 4.78 is 10.4. The Morgan fingerprint density at radius 3 is 2.71 bits per heavy atom. The molecule has 2 aliphatic rings. The number of nitrogens with zero attached hydrogens (tertiary/aromatic N) is 1. The summed E-state index contributed by atoms with van der Waals surface area (Å²) in [5.41, 5.74) is 0. The van der Waals surface area contributed by atoms with Crippen molar-refractivity contribution >= 4 is 5.90 Å². The zero-order chi connectivity index (χ0) is 10.3. The molecule has 5 atom stereocenters. The molecule has 0 radical (unpaired) electrons. The van der Waals surface area contributed by atoms with Crippen molar-refractivity contribution in [1.29, 1.82) is 0 Å². The lowest BCUT2D eigenvalue weighted by molar-refractivity contribution is -0.234. The van der Waals surface area contributed by atoms with Gasteiger partial charge in [-0.25, -0.2) is 4.99 Å². The van der Waals surface area contributed by atoms with Crippen LogP contribution in [0.2, 0.25) is 0 Å². The van der Waals surface area contributed by atoms with E-state index >= 15 is 0 Å². The summed E-state index contributed by atoms with van der Waals surface area (Å²) >= 11 is 0. The summed E-state index contributed by atoms with van der Waals surface area (Å²) in [6.45, 7) is 1.29. The molecule has 2 unspecified atom stereocenters. The Morgan fingerprint density at radius 2 is 2.07 bits per heavy atom. The highest BCUT2D eigenvalue weighted by Crippen LogP contribution is 2.28. The minimum Gasteiger partial charge on any atom is -0.450 e. The van der Waals surface area contributed by atoms with E-state index in [2.05, 4.69) is 4.99 Å². The van der Waals surface area contributed by atoms with Crippen molar-refractivity contribution < 1.29 is 24.8 Å². The lowest BCUT2D eigenvalue weighted by Crippen LogP contribution is -2.56. The molecule has 1 saturated heterocycles. The molecule has 14 heavy (non-hydrogen) atoms. The summed E-state index contributed by atoms with van der Waals surface area (Å²) in [6.07, 6.45) is -3.68. The summed E-state index contributed by atoms with van der Waals surface area (Å²) in [5, 5.41) is 28.0. The minimum atomic E-state index is -1.13. The van der Waals surface area contributed by atoms with Gasteiger partial charge in [0.05, 0.1) is 6.61 Å². The van der Waals surface area contributed by atoms with Gasteiger partial charge < -0.3 is 24.8 Å². The van der Waals surface area contributed by atoms with Gasteiger partial charge in [-0.05, 0) is 0 Å². The first-order chi connectivity index (χ1) is 6.63. The zero-order valence-electron chi connectivity index (χ0n) is 7.70. The number of hydrogen-bond donors (Lipinski definition) is 3. The van der Waals surface area contributed by atoms with Crippen molar-refractivity contribution in [1.82, 2.24) is 0 Å². The second-order valence-corrected chi connectivity index (χ2v) is 3.46. The van der Waals surface area contributed by atoms with Gasteiger partial charge in [-0.2, -0.15) is 0 Å². The molecule has 6 heteroatoms. The molecule has 0 spiro atoms. The van der Waals surface area contributed by atoms with Gasteiger partial charge in [-0.1, -0.05) is 0 Å². The highest BCUT2D eigenvalue weighted by Gasteiger charge is 2.48. The molecule has 0 bridgehead atoms. The summed E-state index contributed by atoms with van der Waals surface area (Å²) in [4.78, 5) is 3.99. The van der Waals surface area contributed by atoms with E-state index in [4.69, 9.17) is 14.6 Å². The molecular weight excluding hydrogens is 190 g/mol. The van der Waals surface area contributed by atoms with Crippen LogP contribution in [-0.4, -0.2) is 58.5 Å². The van der Waals surface area contributed by atoms with Crippen LogP contribution in [0.3, 0.4) is 0 Å². The maximum absolute atomic E-state index is 9.64. The number of aliphatic imine (C=N–C) groups is 1. The topological polar surface area (TPSA) is 91.5 Å². The van der Waals surface area contributed by atoms with E-state index in [-0.39, 0.29) is 6.61 Å². The molecule has 2 heterocycles. The van der Waals surface area contributed by atoms with Gasteiger partial charge in [-0.3, -0.25) is 0 Å². The van der Waals surface area contributed by atoms with Crippen LogP contribution in [-0.2, 0) is 9.47 Å². The van der Waals surface area contributed by atoms with E-state index in [0.29, 0.717) is 5.90 Å². The molecule has 0 aliphatic carbocycles. The molecule has 80 valence electrons. The fourth-order valence-electron chi connectivity index (χ4n) is 1.71. The average Bonchev–Trinajstić information content (AvgIpc) is 2.52. The first kappa shape index (κ1) is 9.85. The summed E-state index contributed by atoms with van der Waals surface area (Å²) in [5.74, 6) is 0.421. The van der Waals surface area contributed by atoms with E-state index in [1.165, 1.54) is 0 Å². The lowest BCUT2D eigenvalue weighted by Gasteiger charge is -2.36. The first-order valence-electron chi connectivity index (χ1n) is 4.47. The largest absolute Gasteiger partial charge is 0.450 e. The van der Waals surface area contributed by atoms with Crippen LogP contribution in [0.15, 0.2) is 4.99 Å². The summed E-state index contributed by atoms with van der Waals surface area (Å²) in [7, 11) is 0. The fraction of sp³-hybridized carbons (Fsp3) is 0.875. The van der Waals surface area contributed by atoms with Crippen molar-refractivity contribution in [3.05, 3.63) is 0 Å². The smallest absolute Gasteiger partial charge is 0.227 e. The number of hydrogen-bond acceptors (Lipinski definition) is 6. The van der Waals surface area contributed by atoms with Gasteiger partial charge in [0, 0.05) is 6.92 Å². The van der Waals surface area contributed by atoms with Crippen LogP contribution in [0.1, 0.15) is 6.92 Å². The minimum absolute atomic E-state index is 0.357. The average molecular weight is 203 g/mol. The fourth-order valence-corrected chi connectivity index (χ4v) is 1.71. The molecule has 0 saturated carbocycles. The Kier molecular flexibility index (Phi) is 2.44. The Morgan fingerprint density at radius 1 is 1.36 bits per heavy atom. The van der Waals surface area contributed by atoms with Gasteiger partial charge in [-0.15, -0.1) is 0 Å². The summed E-state index contributed by atoms with van der Waals surface area (Å²) in [6, 6.07) is -0.590. The molecule has 2 rings (SSSR count). The van der Waals surface area contributed by atoms with E-state index in [0.717, 1.165) is 0 Å². The molecule has 6 nitrogen and oxygen atoms in total. The maximum Gasteiger partial charge on any atom is 0.227 e. The first-order valence-corrected chi connectivity index (χ1v) is 4.47. The quantitative estimate of drug-likeness (QED) is 0.469. The van der Waals surface area contributed by atoms with Crippen molar-refractivity contribution in [3.8, 4) is 0 Å². The number of aliphatic hydroxyl groups excluding tert-OH is 3. The molecule has 0 aromatic rings. The second kappa shape index (κ2) is 3.47. The van der Waals surface area contributed by atoms with Gasteiger partial charge in [0.2, 0.25) is 6.29 Å². The molecule has 0 aromatic carbocycles. The monoisotopic (exact) mass is 203 g/mol. The lowest BCUT2D eigenvalue weighted by atomic mass is 9.98. The van der Waals surface area contributed by atoms with Crippen LogP contribution < -0.4 is 0 Å². The third-order valence-corrected chi connectivity index (χ3v) is 2.47. The Labute approximate surface area is 80.8 Å². The van der Waals surface area contributed by atoms with Crippen LogP contribution in [0.4, 0.5) is 0 Å². The van der Waals surface area contributed by atoms with Crippen LogP contribution in [0, 0.1) is 0 Å². The van der Waals surface area contributed by atoms with Crippen molar-refractivity contribution in [3.63, 3.8) is 0 Å². The highest BCUT2D eigenvalue weighted by molar-refractivity contribution is 5.75. The molecular formula is C8H13NO5. The molecule has 2 aliphatic heterocycles. The van der Waals surface area contributed by atoms with Crippen LogP contribution >= 0.6 is 0 Å². The molecule has 3 N–H and O–H groups in total. The normalized spacial score (nSPS) is 46.9. The zero-order valence-corrected chi connectivity index (χ0v) is 7.70. The van der Waals surface area contributed by atoms with Crippen LogP contribution in [0.25, 0.3) is 0 Å². The van der Waals surface area contributed by atoms with Crippen LogP contribution in [0.5, 0.6) is 0 Å². The van der Waals surface area contributed by atoms with Gasteiger partial charge in [0.15, 0.2) is 5.90 Å². The van der Waals surface area contributed by atoms with Gasteiger partial charge in [0.1, 0.15) is 24.4 Å². The molecule has 1 fully saturated rings. The van der Waals surface area contributed by atoms with Gasteiger partial charge >= 0.3 is 0 Å². The Bertz CT molecular complexity index is 256. The number of fused-ring (bicyclic) bond motifs is 1. The number of rotatable bonds is 1. The maximum atomic E-state index is 9.64. The van der Waals surface area contributed by atoms with Gasteiger partial charge in [0.25, 0.3) is 0 Å². The van der Waals surface area contributed by atoms with E-state index < -0.39 is 30.6 Å². The number of aliphatic hydroxyl groups is 3. The predicted octanol–water partition coefficient (Wildman–Crippen LogP) is -1.76. The molecule has 0 amide bonds. The molecule has 0 aromatic heterocycles.